The standard InChI is InChI=1S/C20H16FNO4/c1-12-16-10-14(5-8-17(16)22-20(12)25)18(23)11-26-19(24)9-4-13-2-6-15(21)7-3-13/h2-10,12H,11H2,1H3,(H,22,25)/b9-4+/t12-/m1/s1. The first-order chi connectivity index (χ1) is 12.4. The Kier molecular flexibility index (Phi) is 4.93. The molecule has 0 bridgehead atoms. The summed E-state index contributed by atoms with van der Waals surface area (Å²) in [5.41, 5.74) is 2.46. The molecule has 0 fully saturated rings. The number of esters is 1. The van der Waals surface area contributed by atoms with E-state index in [1.54, 1.807) is 25.1 Å². The molecule has 1 heterocycles. The molecule has 0 saturated carbocycles. The fourth-order valence-corrected chi connectivity index (χ4v) is 2.60. The number of Topliss-reactive ketones (excluding diaryl/α,β-unsaturated/α-hetero) is 1. The third-order valence-electron chi connectivity index (χ3n) is 4.12. The van der Waals surface area contributed by atoms with Crippen LogP contribution >= 0.6 is 0 Å². The second kappa shape index (κ2) is 7.31. The van der Waals surface area contributed by atoms with Gasteiger partial charge in [-0.15, -0.1) is 0 Å². The zero-order valence-corrected chi connectivity index (χ0v) is 14.0. The monoisotopic (exact) mass is 353 g/mol. The number of hydrogen-bond donors (Lipinski definition) is 1. The minimum absolute atomic E-state index is 0.109. The fraction of sp³-hybridized carbons (Fsp3) is 0.150. The van der Waals surface area contributed by atoms with E-state index in [0.717, 1.165) is 5.56 Å². The molecule has 2 aromatic carbocycles. The second-order valence-corrected chi connectivity index (χ2v) is 5.93. The molecular formula is C20H16FNO4. The zero-order chi connectivity index (χ0) is 18.7. The molecule has 0 unspecified atom stereocenters. The molecule has 0 spiro atoms. The van der Waals surface area contributed by atoms with Crippen molar-refractivity contribution in [3.05, 3.63) is 71.0 Å². The Balaban J connectivity index is 1.58. The van der Waals surface area contributed by atoms with Crippen LogP contribution < -0.4 is 5.32 Å². The van der Waals surface area contributed by atoms with Crippen LogP contribution in [0.2, 0.25) is 0 Å². The summed E-state index contributed by atoms with van der Waals surface area (Å²) in [6, 6.07) is 10.5. The lowest BCUT2D eigenvalue weighted by molar-refractivity contribution is -0.136. The number of rotatable bonds is 5. The Bertz CT molecular complexity index is 903. The maximum absolute atomic E-state index is 12.8. The molecule has 132 valence electrons. The van der Waals surface area contributed by atoms with E-state index in [9.17, 15) is 18.8 Å². The number of amides is 1. The Labute approximate surface area is 149 Å². The predicted molar refractivity (Wildman–Crippen MR) is 94.2 cm³/mol. The topological polar surface area (TPSA) is 72.5 Å². The molecule has 3 rings (SSSR count). The van der Waals surface area contributed by atoms with Gasteiger partial charge in [-0.05, 0) is 54.5 Å². The van der Waals surface area contributed by atoms with E-state index in [0.29, 0.717) is 16.8 Å². The van der Waals surface area contributed by atoms with Crippen molar-refractivity contribution >= 4 is 29.4 Å². The van der Waals surface area contributed by atoms with E-state index in [1.807, 2.05) is 0 Å². The Morgan fingerprint density at radius 2 is 1.92 bits per heavy atom. The first-order valence-corrected chi connectivity index (χ1v) is 8.02. The smallest absolute Gasteiger partial charge is 0.331 e. The van der Waals surface area contributed by atoms with Crippen LogP contribution in [0, 0.1) is 5.82 Å². The predicted octanol–water partition coefficient (Wildman–Crippen LogP) is 3.32. The van der Waals surface area contributed by atoms with Crippen molar-refractivity contribution < 1.29 is 23.5 Å². The zero-order valence-electron chi connectivity index (χ0n) is 14.0. The van der Waals surface area contributed by atoms with Gasteiger partial charge in [-0.1, -0.05) is 12.1 Å². The summed E-state index contributed by atoms with van der Waals surface area (Å²) in [7, 11) is 0. The molecule has 1 atom stereocenters. The number of halogens is 1. The maximum Gasteiger partial charge on any atom is 0.331 e. The second-order valence-electron chi connectivity index (χ2n) is 5.93. The lowest BCUT2D eigenvalue weighted by Crippen LogP contribution is -2.13. The number of hydrogen-bond acceptors (Lipinski definition) is 4. The van der Waals surface area contributed by atoms with Gasteiger partial charge in [-0.3, -0.25) is 9.59 Å². The SMILES string of the molecule is C[C@H]1C(=O)Nc2ccc(C(=O)COC(=O)/C=C/c3ccc(F)cc3)cc21. The number of ketones is 1. The molecule has 0 aliphatic carbocycles. The molecule has 1 amide bonds. The molecule has 26 heavy (non-hydrogen) atoms. The van der Waals surface area contributed by atoms with Crippen LogP contribution in [0.15, 0.2) is 48.5 Å². The number of benzene rings is 2. The highest BCUT2D eigenvalue weighted by Gasteiger charge is 2.27. The molecular weight excluding hydrogens is 337 g/mol. The van der Waals surface area contributed by atoms with Crippen LogP contribution in [0.25, 0.3) is 6.08 Å². The molecule has 1 aliphatic rings. The third kappa shape index (κ3) is 3.85. The number of anilines is 1. The van der Waals surface area contributed by atoms with Gasteiger partial charge in [0.05, 0.1) is 5.92 Å². The van der Waals surface area contributed by atoms with Crippen molar-refractivity contribution in [2.75, 3.05) is 11.9 Å². The third-order valence-corrected chi connectivity index (χ3v) is 4.12. The number of carbonyl (C=O) groups excluding carboxylic acids is 3. The number of fused-ring (bicyclic) bond motifs is 1. The minimum Gasteiger partial charge on any atom is -0.454 e. The van der Waals surface area contributed by atoms with Crippen molar-refractivity contribution in [3.8, 4) is 0 Å². The summed E-state index contributed by atoms with van der Waals surface area (Å²) in [6.07, 6.45) is 2.65. The van der Waals surface area contributed by atoms with Gasteiger partial charge in [-0.2, -0.15) is 0 Å². The van der Waals surface area contributed by atoms with E-state index < -0.39 is 12.6 Å². The highest BCUT2D eigenvalue weighted by atomic mass is 19.1. The van der Waals surface area contributed by atoms with Gasteiger partial charge < -0.3 is 10.1 Å². The van der Waals surface area contributed by atoms with E-state index in [2.05, 4.69) is 5.32 Å². The van der Waals surface area contributed by atoms with Gasteiger partial charge >= 0.3 is 5.97 Å². The van der Waals surface area contributed by atoms with Crippen molar-refractivity contribution in [3.63, 3.8) is 0 Å². The van der Waals surface area contributed by atoms with Crippen molar-refractivity contribution in [1.29, 1.82) is 0 Å². The Hall–Kier alpha value is -3.28. The minimum atomic E-state index is -0.672. The lowest BCUT2D eigenvalue weighted by Gasteiger charge is -2.06. The number of carbonyl (C=O) groups is 3. The summed E-state index contributed by atoms with van der Waals surface area (Å²) < 4.78 is 17.7. The Morgan fingerprint density at radius 3 is 2.65 bits per heavy atom. The molecule has 1 aliphatic heterocycles. The first kappa shape index (κ1) is 17.5. The van der Waals surface area contributed by atoms with Crippen molar-refractivity contribution in [1.82, 2.24) is 0 Å². The molecule has 0 aromatic heterocycles. The van der Waals surface area contributed by atoms with Gasteiger partial charge in [0.25, 0.3) is 0 Å². The van der Waals surface area contributed by atoms with E-state index >= 15 is 0 Å². The van der Waals surface area contributed by atoms with Gasteiger partial charge in [0.2, 0.25) is 5.91 Å². The quantitative estimate of drug-likeness (QED) is 0.508. The summed E-state index contributed by atoms with van der Waals surface area (Å²) in [6.45, 7) is 1.36. The average Bonchev–Trinajstić information content (AvgIpc) is 2.93. The fourth-order valence-electron chi connectivity index (χ4n) is 2.60. The van der Waals surface area contributed by atoms with Gasteiger partial charge in [0.1, 0.15) is 5.82 Å². The summed E-state index contributed by atoms with van der Waals surface area (Å²) in [4.78, 5) is 35.6. The normalized spacial score (nSPS) is 15.6. The molecule has 6 heteroatoms. The van der Waals surface area contributed by atoms with E-state index in [-0.39, 0.29) is 23.4 Å². The summed E-state index contributed by atoms with van der Waals surface area (Å²) in [5, 5.41) is 2.73. The molecule has 0 radical (unpaired) electrons. The molecule has 5 nitrogen and oxygen atoms in total. The van der Waals surface area contributed by atoms with Gasteiger partial charge in [0, 0.05) is 17.3 Å². The molecule has 0 saturated heterocycles. The van der Waals surface area contributed by atoms with Gasteiger partial charge in [0.15, 0.2) is 12.4 Å². The van der Waals surface area contributed by atoms with E-state index in [1.165, 1.54) is 36.4 Å². The highest BCUT2D eigenvalue weighted by molar-refractivity contribution is 6.05. The lowest BCUT2D eigenvalue weighted by atomic mass is 9.99. The van der Waals surface area contributed by atoms with Crippen LogP contribution in [-0.2, 0) is 14.3 Å². The first-order valence-electron chi connectivity index (χ1n) is 8.02. The number of nitrogens with one attached hydrogen (secondary N) is 1. The van der Waals surface area contributed by atoms with Crippen LogP contribution in [0.3, 0.4) is 0 Å². The molecule has 1 N–H and O–H groups in total. The Morgan fingerprint density at radius 1 is 1.19 bits per heavy atom. The highest BCUT2D eigenvalue weighted by Crippen LogP contribution is 2.32. The summed E-state index contributed by atoms with van der Waals surface area (Å²) >= 11 is 0. The van der Waals surface area contributed by atoms with Crippen LogP contribution in [0.5, 0.6) is 0 Å². The molecule has 2 aromatic rings. The van der Waals surface area contributed by atoms with Gasteiger partial charge in [-0.25, -0.2) is 9.18 Å². The maximum atomic E-state index is 12.8. The van der Waals surface area contributed by atoms with E-state index in [4.69, 9.17) is 4.74 Å². The van der Waals surface area contributed by atoms with Crippen LogP contribution in [0.1, 0.15) is 34.3 Å². The summed E-state index contributed by atoms with van der Waals surface area (Å²) in [5.74, 6) is -1.83. The average molecular weight is 353 g/mol. The van der Waals surface area contributed by atoms with Crippen molar-refractivity contribution in [2.24, 2.45) is 0 Å². The largest absolute Gasteiger partial charge is 0.454 e. The van der Waals surface area contributed by atoms with Crippen LogP contribution in [0.4, 0.5) is 10.1 Å². The van der Waals surface area contributed by atoms with Crippen LogP contribution in [-0.4, -0.2) is 24.3 Å². The van der Waals surface area contributed by atoms with Crippen molar-refractivity contribution in [2.45, 2.75) is 12.8 Å². The number of ether oxygens (including phenoxy) is 1.